The Morgan fingerprint density at radius 2 is 1.83 bits per heavy atom. The number of unbranched alkanes of at least 4 members (excludes halogenated alkanes) is 1. The van der Waals surface area contributed by atoms with Crippen LogP contribution < -0.4 is 0 Å². The predicted octanol–water partition coefficient (Wildman–Crippen LogP) is 3.07. The molecule has 0 atom stereocenters. The SMILES string of the molecule is CCCC[N+]1(SCC)CCCC1. The molecule has 0 aliphatic carbocycles. The Labute approximate surface area is 81.2 Å². The molecule has 0 aromatic rings. The van der Waals surface area contributed by atoms with Gasteiger partial charge in [0.1, 0.15) is 0 Å². The average molecular weight is 188 g/mol. The van der Waals surface area contributed by atoms with Gasteiger partial charge in [-0.15, -0.1) is 0 Å². The van der Waals surface area contributed by atoms with Crippen molar-refractivity contribution >= 4 is 11.9 Å². The van der Waals surface area contributed by atoms with Crippen LogP contribution in [-0.4, -0.2) is 29.3 Å². The summed E-state index contributed by atoms with van der Waals surface area (Å²) in [5.74, 6) is 1.28. The lowest BCUT2D eigenvalue weighted by molar-refractivity contribution is -0.781. The fraction of sp³-hybridized carbons (Fsp3) is 1.00. The van der Waals surface area contributed by atoms with Crippen molar-refractivity contribution in [3.8, 4) is 0 Å². The van der Waals surface area contributed by atoms with Crippen LogP contribution in [0.4, 0.5) is 0 Å². The van der Waals surface area contributed by atoms with Crippen molar-refractivity contribution in [2.24, 2.45) is 0 Å². The van der Waals surface area contributed by atoms with Gasteiger partial charge in [0.25, 0.3) is 0 Å². The van der Waals surface area contributed by atoms with E-state index in [-0.39, 0.29) is 0 Å². The first-order valence-corrected chi connectivity index (χ1v) is 6.28. The molecule has 0 amide bonds. The van der Waals surface area contributed by atoms with Gasteiger partial charge in [-0.2, -0.15) is 0 Å². The second-order valence-corrected chi connectivity index (χ2v) is 5.32. The number of nitrogens with zero attached hydrogens (tertiary/aromatic N) is 1. The van der Waals surface area contributed by atoms with Crippen LogP contribution in [0.5, 0.6) is 0 Å². The van der Waals surface area contributed by atoms with E-state index < -0.39 is 0 Å². The van der Waals surface area contributed by atoms with Crippen molar-refractivity contribution in [3.63, 3.8) is 0 Å². The predicted molar refractivity (Wildman–Crippen MR) is 57.1 cm³/mol. The highest BCUT2D eigenvalue weighted by Crippen LogP contribution is 2.30. The number of likely N-dealkylation sites (tertiary alicyclic amines) is 1. The zero-order valence-electron chi connectivity index (χ0n) is 8.51. The van der Waals surface area contributed by atoms with E-state index in [1.54, 1.807) is 0 Å². The third-order valence-electron chi connectivity index (χ3n) is 2.70. The minimum atomic E-state index is 1.28. The van der Waals surface area contributed by atoms with Gasteiger partial charge in [0.05, 0.1) is 31.6 Å². The first-order chi connectivity index (χ1) is 5.83. The molecule has 0 N–H and O–H groups in total. The van der Waals surface area contributed by atoms with Crippen molar-refractivity contribution in [2.75, 3.05) is 25.4 Å². The van der Waals surface area contributed by atoms with Crippen LogP contribution >= 0.6 is 11.9 Å². The summed E-state index contributed by atoms with van der Waals surface area (Å²) in [5, 5.41) is 0. The standard InChI is InChI=1S/C10H22NS/c1-3-5-8-11(12-4-2)9-6-7-10-11/h3-10H2,1-2H3/q+1. The molecule has 2 heteroatoms. The lowest BCUT2D eigenvalue weighted by atomic mass is 10.3. The molecule has 12 heavy (non-hydrogen) atoms. The zero-order valence-corrected chi connectivity index (χ0v) is 9.33. The van der Waals surface area contributed by atoms with Crippen molar-refractivity contribution in [2.45, 2.75) is 39.5 Å². The third kappa shape index (κ3) is 2.67. The first-order valence-electron chi connectivity index (χ1n) is 5.33. The first kappa shape index (κ1) is 10.4. The molecule has 1 nitrogen and oxygen atoms in total. The van der Waals surface area contributed by atoms with E-state index in [1.165, 1.54) is 55.0 Å². The molecule has 1 aliphatic heterocycles. The second kappa shape index (κ2) is 5.13. The highest BCUT2D eigenvalue weighted by atomic mass is 32.2. The van der Waals surface area contributed by atoms with Crippen LogP contribution in [0, 0.1) is 0 Å². The summed E-state index contributed by atoms with van der Waals surface area (Å²) in [6.07, 6.45) is 5.67. The van der Waals surface area contributed by atoms with Crippen molar-refractivity contribution in [1.29, 1.82) is 0 Å². The molecular weight excluding hydrogens is 166 g/mol. The summed E-state index contributed by atoms with van der Waals surface area (Å²) in [4.78, 5) is 0. The normalized spacial score (nSPS) is 21.5. The summed E-state index contributed by atoms with van der Waals surface area (Å²) in [6.45, 7) is 8.85. The van der Waals surface area contributed by atoms with Crippen LogP contribution in [0.2, 0.25) is 0 Å². The Morgan fingerprint density at radius 3 is 2.33 bits per heavy atom. The van der Waals surface area contributed by atoms with Crippen molar-refractivity contribution < 1.29 is 3.89 Å². The van der Waals surface area contributed by atoms with Gasteiger partial charge in [-0.05, 0) is 6.42 Å². The Morgan fingerprint density at radius 1 is 1.17 bits per heavy atom. The number of hydrogen-bond donors (Lipinski definition) is 0. The highest BCUT2D eigenvalue weighted by Gasteiger charge is 2.31. The van der Waals surface area contributed by atoms with Gasteiger partial charge >= 0.3 is 0 Å². The van der Waals surface area contributed by atoms with E-state index in [1.807, 2.05) is 0 Å². The fourth-order valence-electron chi connectivity index (χ4n) is 2.05. The quantitative estimate of drug-likeness (QED) is 0.472. The van der Waals surface area contributed by atoms with E-state index in [4.69, 9.17) is 0 Å². The van der Waals surface area contributed by atoms with Gasteiger partial charge in [0.15, 0.2) is 0 Å². The van der Waals surface area contributed by atoms with Gasteiger partial charge in [-0.25, -0.2) is 0 Å². The summed E-state index contributed by atoms with van der Waals surface area (Å²) >= 11 is 2.16. The molecule has 1 heterocycles. The molecule has 1 saturated heterocycles. The number of rotatable bonds is 5. The monoisotopic (exact) mass is 188 g/mol. The number of hydrogen-bond acceptors (Lipinski definition) is 1. The summed E-state index contributed by atoms with van der Waals surface area (Å²) in [7, 11) is 0. The summed E-state index contributed by atoms with van der Waals surface area (Å²) in [5.41, 5.74) is 0. The molecule has 1 fully saturated rings. The molecule has 1 aliphatic rings. The Bertz CT molecular complexity index is 119. The minimum absolute atomic E-state index is 1.28. The molecule has 0 aromatic heterocycles. The highest BCUT2D eigenvalue weighted by molar-refractivity contribution is 7.93. The van der Waals surface area contributed by atoms with Crippen molar-refractivity contribution in [1.82, 2.24) is 0 Å². The largest absolute Gasteiger partial charge is 0.262 e. The fourth-order valence-corrected chi connectivity index (χ4v) is 3.37. The second-order valence-electron chi connectivity index (χ2n) is 3.71. The maximum Gasteiger partial charge on any atom is 0.0894 e. The third-order valence-corrected chi connectivity index (χ3v) is 4.06. The lowest BCUT2D eigenvalue weighted by Gasteiger charge is -2.30. The van der Waals surface area contributed by atoms with E-state index in [2.05, 4.69) is 25.8 Å². The zero-order chi connectivity index (χ0) is 8.86. The Hall–Kier alpha value is 0.310. The van der Waals surface area contributed by atoms with Crippen molar-refractivity contribution in [3.05, 3.63) is 0 Å². The van der Waals surface area contributed by atoms with Gasteiger partial charge in [-0.1, -0.05) is 20.3 Å². The maximum absolute atomic E-state index is 2.29. The molecular formula is C10H22NS+. The van der Waals surface area contributed by atoms with Crippen LogP contribution in [0.3, 0.4) is 0 Å². The number of quaternary nitrogens is 1. The van der Waals surface area contributed by atoms with Gasteiger partial charge in [-0.3, -0.25) is 3.89 Å². The lowest BCUT2D eigenvalue weighted by Crippen LogP contribution is -2.38. The molecule has 0 saturated carbocycles. The van der Waals surface area contributed by atoms with E-state index in [0.717, 1.165) is 0 Å². The molecule has 72 valence electrons. The smallest absolute Gasteiger partial charge is 0.0894 e. The van der Waals surface area contributed by atoms with Crippen LogP contribution in [0.25, 0.3) is 0 Å². The summed E-state index contributed by atoms with van der Waals surface area (Å²) in [6, 6.07) is 0. The van der Waals surface area contributed by atoms with Crippen LogP contribution in [0.15, 0.2) is 0 Å². The Kier molecular flexibility index (Phi) is 4.44. The minimum Gasteiger partial charge on any atom is -0.262 e. The topological polar surface area (TPSA) is 0 Å². The Balaban J connectivity index is 2.35. The molecule has 0 radical (unpaired) electrons. The van der Waals surface area contributed by atoms with E-state index in [0.29, 0.717) is 0 Å². The molecule has 0 spiro atoms. The molecule has 1 rings (SSSR count). The molecule has 0 aromatic carbocycles. The molecule has 0 unspecified atom stereocenters. The van der Waals surface area contributed by atoms with Gasteiger partial charge < -0.3 is 0 Å². The summed E-state index contributed by atoms with van der Waals surface area (Å²) < 4.78 is 1.37. The van der Waals surface area contributed by atoms with Gasteiger partial charge in [0.2, 0.25) is 0 Å². The van der Waals surface area contributed by atoms with Crippen LogP contribution in [0.1, 0.15) is 39.5 Å². The van der Waals surface area contributed by atoms with Gasteiger partial charge in [0, 0.05) is 18.6 Å². The average Bonchev–Trinajstić information content (AvgIpc) is 2.51. The maximum atomic E-state index is 2.29. The van der Waals surface area contributed by atoms with E-state index in [9.17, 15) is 0 Å². The van der Waals surface area contributed by atoms with E-state index >= 15 is 0 Å². The van der Waals surface area contributed by atoms with Crippen LogP contribution in [-0.2, 0) is 0 Å². The molecule has 0 bridgehead atoms.